The van der Waals surface area contributed by atoms with Gasteiger partial charge in [0.2, 0.25) is 0 Å². The molecule has 0 saturated heterocycles. The molecule has 1 saturated carbocycles. The smallest absolute Gasteiger partial charge is 0.336 e. The van der Waals surface area contributed by atoms with Gasteiger partial charge in [-0.3, -0.25) is 0 Å². The summed E-state index contributed by atoms with van der Waals surface area (Å²) in [5.74, 6) is 0. The summed E-state index contributed by atoms with van der Waals surface area (Å²) >= 11 is 0. The minimum Gasteiger partial charge on any atom is -0.410 e. The van der Waals surface area contributed by atoms with Gasteiger partial charge < -0.3 is 15.3 Å². The molecular formula is C13H29NO2Si. The van der Waals surface area contributed by atoms with Gasteiger partial charge in [-0.05, 0) is 31.7 Å². The molecule has 0 aromatic rings. The summed E-state index contributed by atoms with van der Waals surface area (Å²) < 4.78 is 0. The first kappa shape index (κ1) is 15.2. The Labute approximate surface area is 107 Å². The van der Waals surface area contributed by atoms with Crippen LogP contribution in [0.2, 0.25) is 11.6 Å². The number of hydrogen-bond donors (Lipinski definition) is 3. The Hall–Kier alpha value is 0.0969. The fourth-order valence-corrected chi connectivity index (χ4v) is 5.31. The van der Waals surface area contributed by atoms with E-state index in [9.17, 15) is 9.59 Å². The summed E-state index contributed by atoms with van der Waals surface area (Å²) in [5, 5.41) is 0. The molecule has 1 fully saturated rings. The van der Waals surface area contributed by atoms with Crippen molar-refractivity contribution in [3.63, 3.8) is 0 Å². The molecular weight excluding hydrogens is 230 g/mol. The normalized spacial score (nSPS) is 20.5. The maximum absolute atomic E-state index is 10.3. The maximum Gasteiger partial charge on any atom is 0.336 e. The second-order valence-electron chi connectivity index (χ2n) is 5.65. The molecule has 0 radical (unpaired) electrons. The first-order valence-corrected chi connectivity index (χ1v) is 9.44. The Balaban J connectivity index is 2.27. The molecule has 0 aromatic carbocycles. The molecule has 0 amide bonds. The monoisotopic (exact) mass is 259 g/mol. The SMILES string of the molecule is CCCCC(N)CC[Si](O)(O)C1CCCCC1. The molecule has 4 heteroatoms. The average Bonchev–Trinajstić information content (AvgIpc) is 2.35. The second kappa shape index (κ2) is 7.51. The maximum atomic E-state index is 10.3. The zero-order chi connectivity index (χ0) is 12.7. The third-order valence-corrected chi connectivity index (χ3v) is 6.98. The van der Waals surface area contributed by atoms with E-state index < -0.39 is 8.56 Å². The Morgan fingerprint density at radius 1 is 1.18 bits per heavy atom. The van der Waals surface area contributed by atoms with E-state index in [2.05, 4.69) is 6.92 Å². The van der Waals surface area contributed by atoms with E-state index in [0.29, 0.717) is 6.04 Å². The summed E-state index contributed by atoms with van der Waals surface area (Å²) in [4.78, 5) is 20.5. The lowest BCUT2D eigenvalue weighted by Gasteiger charge is -2.31. The molecule has 0 aromatic heterocycles. The van der Waals surface area contributed by atoms with Crippen LogP contribution in [0.25, 0.3) is 0 Å². The molecule has 17 heavy (non-hydrogen) atoms. The van der Waals surface area contributed by atoms with Crippen LogP contribution in [0.1, 0.15) is 64.7 Å². The summed E-state index contributed by atoms with van der Waals surface area (Å²) in [7, 11) is -2.98. The largest absolute Gasteiger partial charge is 0.410 e. The molecule has 0 spiro atoms. The highest BCUT2D eigenvalue weighted by Crippen LogP contribution is 2.36. The highest BCUT2D eigenvalue weighted by molar-refractivity contribution is 6.66. The van der Waals surface area contributed by atoms with Crippen molar-refractivity contribution >= 4 is 8.56 Å². The lowest BCUT2D eigenvalue weighted by atomic mass is 10.0. The summed E-state index contributed by atoms with van der Waals surface area (Å²) in [6, 6.07) is 0.729. The van der Waals surface area contributed by atoms with Crippen molar-refractivity contribution in [2.45, 2.75) is 82.3 Å². The molecule has 1 unspecified atom stereocenters. The van der Waals surface area contributed by atoms with E-state index in [-0.39, 0.29) is 11.6 Å². The predicted octanol–water partition coefficient (Wildman–Crippen LogP) is 2.66. The van der Waals surface area contributed by atoms with E-state index >= 15 is 0 Å². The number of nitrogens with two attached hydrogens (primary N) is 1. The fraction of sp³-hybridized carbons (Fsp3) is 1.00. The zero-order valence-corrected chi connectivity index (χ0v) is 12.2. The van der Waals surface area contributed by atoms with Gasteiger partial charge in [0.25, 0.3) is 0 Å². The van der Waals surface area contributed by atoms with Crippen LogP contribution in [0.4, 0.5) is 0 Å². The molecule has 0 aliphatic heterocycles. The molecule has 1 aliphatic rings. The van der Waals surface area contributed by atoms with Crippen molar-refractivity contribution in [3.05, 3.63) is 0 Å². The van der Waals surface area contributed by atoms with Crippen molar-refractivity contribution in [1.29, 1.82) is 0 Å². The van der Waals surface area contributed by atoms with Gasteiger partial charge in [0.05, 0.1) is 0 Å². The molecule has 1 rings (SSSR count). The lowest BCUT2D eigenvalue weighted by Crippen LogP contribution is -2.42. The van der Waals surface area contributed by atoms with Gasteiger partial charge in [-0.15, -0.1) is 0 Å². The van der Waals surface area contributed by atoms with E-state index in [4.69, 9.17) is 5.73 Å². The van der Waals surface area contributed by atoms with Crippen LogP contribution in [0.15, 0.2) is 0 Å². The summed E-state index contributed by atoms with van der Waals surface area (Å²) in [6.45, 7) is 2.16. The van der Waals surface area contributed by atoms with Crippen molar-refractivity contribution in [1.82, 2.24) is 0 Å². The molecule has 1 aliphatic carbocycles. The van der Waals surface area contributed by atoms with Crippen LogP contribution in [0.3, 0.4) is 0 Å². The highest BCUT2D eigenvalue weighted by atomic mass is 28.4. The molecule has 1 atom stereocenters. The van der Waals surface area contributed by atoms with E-state index in [1.54, 1.807) is 0 Å². The minimum atomic E-state index is -2.98. The van der Waals surface area contributed by atoms with Gasteiger partial charge in [-0.1, -0.05) is 39.0 Å². The second-order valence-corrected chi connectivity index (χ2v) is 8.73. The van der Waals surface area contributed by atoms with Gasteiger partial charge in [-0.2, -0.15) is 0 Å². The quantitative estimate of drug-likeness (QED) is 0.616. The van der Waals surface area contributed by atoms with Crippen molar-refractivity contribution in [2.75, 3.05) is 0 Å². The topological polar surface area (TPSA) is 66.5 Å². The molecule has 3 nitrogen and oxygen atoms in total. The number of hydrogen-bond acceptors (Lipinski definition) is 3. The summed E-state index contributed by atoms with van der Waals surface area (Å²) in [5.41, 5.74) is 6.20. The number of rotatable bonds is 7. The molecule has 102 valence electrons. The predicted molar refractivity (Wildman–Crippen MR) is 74.0 cm³/mol. The third-order valence-electron chi connectivity index (χ3n) is 4.07. The summed E-state index contributed by atoms with van der Waals surface area (Å²) in [6.07, 6.45) is 9.75. The van der Waals surface area contributed by atoms with Crippen LogP contribution in [0, 0.1) is 0 Å². The standard InChI is InChI=1S/C13H29NO2Si/c1-2-3-7-12(14)10-11-17(15,16)13-8-5-4-6-9-13/h12-13,15-16H,2-11,14H2,1H3. The van der Waals surface area contributed by atoms with Crippen molar-refractivity contribution < 1.29 is 9.59 Å². The van der Waals surface area contributed by atoms with Gasteiger partial charge in [0.1, 0.15) is 0 Å². The van der Waals surface area contributed by atoms with Crippen LogP contribution < -0.4 is 5.73 Å². The fourth-order valence-electron chi connectivity index (χ4n) is 2.78. The minimum absolute atomic E-state index is 0.157. The van der Waals surface area contributed by atoms with Crippen LogP contribution in [0.5, 0.6) is 0 Å². The first-order valence-electron chi connectivity index (χ1n) is 7.26. The van der Waals surface area contributed by atoms with E-state index in [1.165, 1.54) is 19.3 Å². The van der Waals surface area contributed by atoms with Crippen molar-refractivity contribution in [3.8, 4) is 0 Å². The van der Waals surface area contributed by atoms with E-state index in [0.717, 1.165) is 38.5 Å². The van der Waals surface area contributed by atoms with Gasteiger partial charge >= 0.3 is 8.56 Å². The van der Waals surface area contributed by atoms with Crippen LogP contribution >= 0.6 is 0 Å². The molecule has 0 heterocycles. The average molecular weight is 259 g/mol. The van der Waals surface area contributed by atoms with E-state index in [1.807, 2.05) is 0 Å². The third kappa shape index (κ3) is 5.51. The van der Waals surface area contributed by atoms with Crippen molar-refractivity contribution in [2.24, 2.45) is 5.73 Å². The Morgan fingerprint density at radius 3 is 2.41 bits per heavy atom. The number of unbranched alkanes of at least 4 members (excludes halogenated alkanes) is 1. The Bertz CT molecular complexity index is 206. The lowest BCUT2D eigenvalue weighted by molar-refractivity contribution is 0.305. The highest BCUT2D eigenvalue weighted by Gasteiger charge is 2.39. The first-order chi connectivity index (χ1) is 8.06. The van der Waals surface area contributed by atoms with Gasteiger partial charge in [-0.25, -0.2) is 0 Å². The van der Waals surface area contributed by atoms with Gasteiger partial charge in [0, 0.05) is 11.6 Å². The zero-order valence-electron chi connectivity index (χ0n) is 11.2. The Morgan fingerprint density at radius 2 is 1.82 bits per heavy atom. The molecule has 4 N–H and O–H groups in total. The van der Waals surface area contributed by atoms with Gasteiger partial charge in [0.15, 0.2) is 0 Å². The molecule has 0 bridgehead atoms. The van der Waals surface area contributed by atoms with Crippen LogP contribution in [-0.4, -0.2) is 24.2 Å². The Kier molecular flexibility index (Phi) is 6.70. The van der Waals surface area contributed by atoms with Crippen LogP contribution in [-0.2, 0) is 0 Å².